The Labute approximate surface area is 120 Å². The van der Waals surface area contributed by atoms with Crippen molar-refractivity contribution in [3.05, 3.63) is 52.9 Å². The summed E-state index contributed by atoms with van der Waals surface area (Å²) in [6.07, 6.45) is 3.18. The number of rotatable bonds is 2. The highest BCUT2D eigenvalue weighted by molar-refractivity contribution is 6.34. The van der Waals surface area contributed by atoms with Crippen molar-refractivity contribution in [2.24, 2.45) is 0 Å². The smallest absolute Gasteiger partial charge is 0.258 e. The van der Waals surface area contributed by atoms with Crippen molar-refractivity contribution in [2.45, 2.75) is 6.92 Å². The third-order valence-corrected chi connectivity index (χ3v) is 3.25. The minimum atomic E-state index is -0.287. The Morgan fingerprint density at radius 2 is 2.15 bits per heavy atom. The van der Waals surface area contributed by atoms with Gasteiger partial charge in [0.25, 0.3) is 5.91 Å². The molecule has 0 unspecified atom stereocenters. The van der Waals surface area contributed by atoms with Gasteiger partial charge in [-0.25, -0.2) is 0 Å². The number of aromatic amines is 1. The number of amides is 1. The number of hydrogen-bond donors (Lipinski definition) is 2. The minimum absolute atomic E-state index is 0.287. The highest BCUT2D eigenvalue weighted by Gasteiger charge is 2.11. The molecule has 2 N–H and O–H groups in total. The largest absolute Gasteiger partial charge is 0.322 e. The molecular weight excluding hydrogens is 276 g/mol. The highest BCUT2D eigenvalue weighted by atomic mass is 35.5. The molecule has 1 aromatic carbocycles. The van der Waals surface area contributed by atoms with Gasteiger partial charge >= 0.3 is 0 Å². The molecule has 0 radical (unpaired) electrons. The van der Waals surface area contributed by atoms with Crippen molar-refractivity contribution in [3.8, 4) is 0 Å². The third-order valence-electron chi connectivity index (χ3n) is 2.93. The first-order chi connectivity index (χ1) is 9.63. The predicted octanol–water partition coefficient (Wildman–Crippen LogP) is 3.17. The number of carbonyl (C=O) groups is 1. The molecule has 2 aromatic heterocycles. The van der Waals surface area contributed by atoms with E-state index in [-0.39, 0.29) is 5.91 Å². The SMILES string of the molecule is Cc1cc(Cl)c(C(=O)Nc2ccc3[nH]ncc3c2)cn1. The number of H-pyrrole nitrogens is 1. The van der Waals surface area contributed by atoms with Crippen LogP contribution in [-0.2, 0) is 0 Å². The van der Waals surface area contributed by atoms with E-state index < -0.39 is 0 Å². The number of aromatic nitrogens is 3. The first-order valence-corrected chi connectivity index (χ1v) is 6.38. The van der Waals surface area contributed by atoms with Crippen LogP contribution in [-0.4, -0.2) is 21.1 Å². The molecule has 20 heavy (non-hydrogen) atoms. The second kappa shape index (κ2) is 4.94. The maximum absolute atomic E-state index is 12.2. The van der Waals surface area contributed by atoms with E-state index in [1.807, 2.05) is 19.1 Å². The number of carbonyl (C=O) groups excluding carboxylic acids is 1. The Kier molecular flexibility index (Phi) is 3.12. The first-order valence-electron chi connectivity index (χ1n) is 6.00. The minimum Gasteiger partial charge on any atom is -0.322 e. The van der Waals surface area contributed by atoms with Crippen LogP contribution in [0.5, 0.6) is 0 Å². The number of benzene rings is 1. The number of aryl methyl sites for hydroxylation is 1. The number of pyridine rings is 1. The van der Waals surface area contributed by atoms with Crippen LogP contribution in [0.1, 0.15) is 16.1 Å². The van der Waals surface area contributed by atoms with Crippen molar-refractivity contribution in [2.75, 3.05) is 5.32 Å². The fourth-order valence-corrected chi connectivity index (χ4v) is 2.20. The van der Waals surface area contributed by atoms with Gasteiger partial charge in [-0.05, 0) is 31.2 Å². The average molecular weight is 287 g/mol. The van der Waals surface area contributed by atoms with Crippen LogP contribution in [0.4, 0.5) is 5.69 Å². The van der Waals surface area contributed by atoms with Crippen molar-refractivity contribution in [3.63, 3.8) is 0 Å². The Balaban J connectivity index is 1.87. The highest BCUT2D eigenvalue weighted by Crippen LogP contribution is 2.20. The molecule has 0 atom stereocenters. The molecule has 0 fully saturated rings. The number of halogens is 1. The van der Waals surface area contributed by atoms with E-state index in [0.717, 1.165) is 16.6 Å². The molecule has 0 saturated heterocycles. The number of nitrogens with one attached hydrogen (secondary N) is 2. The monoisotopic (exact) mass is 286 g/mol. The lowest BCUT2D eigenvalue weighted by molar-refractivity contribution is 0.102. The molecule has 0 saturated carbocycles. The number of nitrogens with zero attached hydrogens (tertiary/aromatic N) is 2. The quantitative estimate of drug-likeness (QED) is 0.760. The zero-order chi connectivity index (χ0) is 14.1. The summed E-state index contributed by atoms with van der Waals surface area (Å²) in [5.74, 6) is -0.287. The second-order valence-electron chi connectivity index (χ2n) is 4.43. The topological polar surface area (TPSA) is 70.7 Å². The van der Waals surface area contributed by atoms with E-state index in [1.165, 1.54) is 6.20 Å². The molecule has 100 valence electrons. The standard InChI is InChI=1S/C14H11ClN4O/c1-8-4-12(15)11(7-16-8)14(20)18-10-2-3-13-9(5-10)6-17-19-13/h2-7H,1H3,(H,17,19)(H,18,20). The van der Waals surface area contributed by atoms with E-state index in [9.17, 15) is 4.79 Å². The van der Waals surface area contributed by atoms with Gasteiger partial charge < -0.3 is 5.32 Å². The van der Waals surface area contributed by atoms with Gasteiger partial charge in [-0.1, -0.05) is 11.6 Å². The Hall–Kier alpha value is -2.40. The van der Waals surface area contributed by atoms with Crippen LogP contribution in [0, 0.1) is 6.92 Å². The van der Waals surface area contributed by atoms with Gasteiger partial charge in [0.05, 0.1) is 22.3 Å². The van der Waals surface area contributed by atoms with Gasteiger partial charge in [-0.2, -0.15) is 5.10 Å². The molecule has 0 aliphatic carbocycles. The summed E-state index contributed by atoms with van der Waals surface area (Å²) in [6, 6.07) is 7.16. The van der Waals surface area contributed by atoms with E-state index in [2.05, 4.69) is 20.5 Å². The lowest BCUT2D eigenvalue weighted by Crippen LogP contribution is -2.13. The molecule has 1 amide bonds. The van der Waals surface area contributed by atoms with Crippen molar-refractivity contribution >= 4 is 34.1 Å². The summed E-state index contributed by atoms with van der Waals surface area (Å²) in [6.45, 7) is 1.82. The molecule has 0 aliphatic heterocycles. The zero-order valence-corrected chi connectivity index (χ0v) is 11.4. The van der Waals surface area contributed by atoms with Crippen LogP contribution in [0.15, 0.2) is 36.7 Å². The second-order valence-corrected chi connectivity index (χ2v) is 4.84. The molecule has 6 heteroatoms. The van der Waals surface area contributed by atoms with Gasteiger partial charge in [-0.3, -0.25) is 14.9 Å². The summed E-state index contributed by atoms with van der Waals surface area (Å²) < 4.78 is 0. The van der Waals surface area contributed by atoms with E-state index in [4.69, 9.17) is 11.6 Å². The lowest BCUT2D eigenvalue weighted by atomic mass is 10.2. The predicted molar refractivity (Wildman–Crippen MR) is 78.0 cm³/mol. The van der Waals surface area contributed by atoms with Gasteiger partial charge in [0.15, 0.2) is 0 Å². The Morgan fingerprint density at radius 1 is 1.30 bits per heavy atom. The molecule has 3 rings (SSSR count). The lowest BCUT2D eigenvalue weighted by Gasteiger charge is -2.07. The van der Waals surface area contributed by atoms with Crippen LogP contribution >= 0.6 is 11.6 Å². The van der Waals surface area contributed by atoms with Gasteiger partial charge in [0.1, 0.15) is 0 Å². The maximum atomic E-state index is 12.2. The maximum Gasteiger partial charge on any atom is 0.258 e. The molecular formula is C14H11ClN4O. The van der Waals surface area contributed by atoms with Crippen LogP contribution in [0.3, 0.4) is 0 Å². The van der Waals surface area contributed by atoms with Crippen LogP contribution in [0.25, 0.3) is 10.9 Å². The molecule has 0 aliphatic rings. The Morgan fingerprint density at radius 3 is 2.95 bits per heavy atom. The number of anilines is 1. The van der Waals surface area contributed by atoms with E-state index >= 15 is 0 Å². The molecule has 3 aromatic rings. The number of hydrogen-bond acceptors (Lipinski definition) is 3. The zero-order valence-electron chi connectivity index (χ0n) is 10.6. The van der Waals surface area contributed by atoms with Gasteiger partial charge in [-0.15, -0.1) is 0 Å². The van der Waals surface area contributed by atoms with Gasteiger partial charge in [0, 0.05) is 23.0 Å². The van der Waals surface area contributed by atoms with Crippen molar-refractivity contribution < 1.29 is 4.79 Å². The van der Waals surface area contributed by atoms with Gasteiger partial charge in [0.2, 0.25) is 0 Å². The summed E-state index contributed by atoms with van der Waals surface area (Å²) in [4.78, 5) is 16.2. The van der Waals surface area contributed by atoms with Crippen LogP contribution in [0.2, 0.25) is 5.02 Å². The first kappa shape index (κ1) is 12.6. The van der Waals surface area contributed by atoms with Crippen molar-refractivity contribution in [1.82, 2.24) is 15.2 Å². The average Bonchev–Trinajstić information content (AvgIpc) is 2.85. The number of fused-ring (bicyclic) bond motifs is 1. The molecule has 0 spiro atoms. The summed E-state index contributed by atoms with van der Waals surface area (Å²) >= 11 is 6.05. The summed E-state index contributed by atoms with van der Waals surface area (Å²) in [5.41, 5.74) is 2.72. The molecule has 5 nitrogen and oxygen atoms in total. The summed E-state index contributed by atoms with van der Waals surface area (Å²) in [7, 11) is 0. The van der Waals surface area contributed by atoms with E-state index in [1.54, 1.807) is 18.3 Å². The van der Waals surface area contributed by atoms with E-state index in [0.29, 0.717) is 16.3 Å². The third kappa shape index (κ3) is 2.35. The fraction of sp³-hybridized carbons (Fsp3) is 0.0714. The Bertz CT molecular complexity index is 797. The molecule has 2 heterocycles. The summed E-state index contributed by atoms with van der Waals surface area (Å²) in [5, 5.41) is 10.9. The van der Waals surface area contributed by atoms with Crippen LogP contribution < -0.4 is 5.32 Å². The fourth-order valence-electron chi connectivity index (χ4n) is 1.91. The molecule has 0 bridgehead atoms. The normalized spacial score (nSPS) is 10.7. The van der Waals surface area contributed by atoms with Crippen molar-refractivity contribution in [1.29, 1.82) is 0 Å².